The van der Waals surface area contributed by atoms with Crippen molar-refractivity contribution in [2.75, 3.05) is 37.7 Å². The van der Waals surface area contributed by atoms with E-state index >= 15 is 0 Å². The van der Waals surface area contributed by atoms with E-state index in [2.05, 4.69) is 182 Å². The van der Waals surface area contributed by atoms with Crippen LogP contribution >= 0.6 is 0 Å². The molecular weight excluding hydrogens is 757 g/mol. The number of benzene rings is 1. The van der Waals surface area contributed by atoms with Gasteiger partial charge in [-0.3, -0.25) is 4.79 Å². The number of aromatic nitrogens is 3. The predicted octanol–water partition coefficient (Wildman–Crippen LogP) is 6.96. The molecule has 0 aliphatic carbocycles. The first kappa shape index (κ1) is 46.5. The maximum atomic E-state index is 12.8. The van der Waals surface area contributed by atoms with Crippen LogP contribution in [-0.2, 0) is 6.54 Å². The summed E-state index contributed by atoms with van der Waals surface area (Å²) in [5.74, 6) is 49.5. The fourth-order valence-corrected chi connectivity index (χ4v) is 4.40. The van der Waals surface area contributed by atoms with Gasteiger partial charge in [-0.1, -0.05) is 12.1 Å². The number of piperidine rings is 1. The van der Waals surface area contributed by atoms with Crippen LogP contribution in [0, 0.1) is 148 Å². The topological polar surface area (TPSA) is 224 Å². The number of hydrogen-bond acceptors (Lipinski definition) is 9. The lowest BCUT2D eigenvalue weighted by Crippen LogP contribution is -2.33. The Hall–Kier alpha value is -9.70. The van der Waals surface area contributed by atoms with E-state index < -0.39 is 0 Å². The maximum absolute atomic E-state index is 12.8. The second-order valence-corrected chi connectivity index (χ2v) is 10.9. The number of amides is 1. The summed E-state index contributed by atoms with van der Waals surface area (Å²) in [6.07, 6.45) is 16.9. The van der Waals surface area contributed by atoms with Crippen molar-refractivity contribution in [3.05, 3.63) is 59.0 Å². The Kier molecular flexibility index (Phi) is 23.7. The Labute approximate surface area is 365 Å². The van der Waals surface area contributed by atoms with Crippen molar-refractivity contribution >= 4 is 28.3 Å². The maximum Gasteiger partial charge on any atom is 0.273 e. The number of hydrogen-bond donors (Lipinski definition) is 4. The van der Waals surface area contributed by atoms with Crippen LogP contribution < -0.4 is 16.4 Å². The molecule has 16 heteroatoms. The first-order valence-electron chi connectivity index (χ1n) is 17.0. The average molecular weight is 811 g/mol. The van der Waals surface area contributed by atoms with Crippen LogP contribution in [0.3, 0.4) is 0 Å². The molecule has 16 nitrogen and oxygen atoms in total. The lowest BCUT2D eigenvalue weighted by molar-refractivity contribution is 0.0946. The van der Waals surface area contributed by atoms with Gasteiger partial charge in [0, 0.05) is 88.3 Å². The van der Waals surface area contributed by atoms with Crippen molar-refractivity contribution in [3.63, 3.8) is 0 Å². The molecule has 0 saturated carbocycles. The standard InChI is InChI=1S/C22H27N7O.C22H2.HN7O.12H2/c1-29-10-5-15(6-11-29)13-27-21-19(24-8-9-26-21)22(30)28-14-16-2-3-17-4-7-25-20(23)18(17)12-16;1-3-5-7-9-11-13-15-17-19-21-22-20-18-16-14-12-10-8-6-4-2;1-2-3-4-5-6-7-8;;;;;;;;;;;;/h2-4,7-9,12,15H,5-6,10-11,13-14H2,1H3,(H2,23,25)(H,26,27)(H,28,30);1-2H;1H;12*1H/b;;2-1?,4-3+,6-5+;;;;;;;;;;;;. The van der Waals surface area contributed by atoms with Crippen LogP contribution in [0.4, 0.5) is 11.6 Å². The van der Waals surface area contributed by atoms with Gasteiger partial charge in [0.1, 0.15) is 11.1 Å². The van der Waals surface area contributed by atoms with Gasteiger partial charge in [-0.2, -0.15) is 5.53 Å². The van der Waals surface area contributed by atoms with E-state index in [9.17, 15) is 4.79 Å². The van der Waals surface area contributed by atoms with Crippen LogP contribution in [0.15, 0.2) is 74.3 Å². The first-order chi connectivity index (χ1) is 29.4. The second-order valence-electron chi connectivity index (χ2n) is 10.9. The zero-order chi connectivity index (χ0) is 43.3. The quantitative estimate of drug-likeness (QED) is 0.0763. The summed E-state index contributed by atoms with van der Waals surface area (Å²) in [5.41, 5.74) is 13.2. The highest BCUT2D eigenvalue weighted by Crippen LogP contribution is 2.21. The van der Waals surface area contributed by atoms with Crippen molar-refractivity contribution in [1.29, 1.82) is 5.53 Å². The number of nitroso groups, excluding NO2 is 1. The molecule has 1 aromatic carbocycles. The minimum atomic E-state index is -0.256. The molecule has 1 aliphatic rings. The fourth-order valence-electron chi connectivity index (χ4n) is 4.40. The first-order valence-corrected chi connectivity index (χ1v) is 17.0. The van der Waals surface area contributed by atoms with E-state index in [-0.39, 0.29) is 23.0 Å². The SMILES string of the molecule is C#CC#CC#CC#CC#CC#CC#CC#CC#CC#CC#C.CN1CCC(CNc2nccnc2C(=O)NCc2ccc3ccnc(N)c3c2)CC1.N=N/N=N/N=N/N=O.[HH].[HH].[HH].[HH].[HH].[HH].[HH].[HH].[HH].[HH].[HH].[HH]. The van der Waals surface area contributed by atoms with Gasteiger partial charge in [-0.25, -0.2) is 15.0 Å². The minimum absolute atomic E-state index is 0. The summed E-state index contributed by atoms with van der Waals surface area (Å²) in [6.45, 7) is 3.37. The smallest absolute Gasteiger partial charge is 0.273 e. The van der Waals surface area contributed by atoms with Crippen molar-refractivity contribution in [3.8, 4) is 131 Å². The van der Waals surface area contributed by atoms with Crippen LogP contribution in [0.5, 0.6) is 0 Å². The van der Waals surface area contributed by atoms with Crippen LogP contribution in [0.25, 0.3) is 10.8 Å². The molecule has 312 valence electrons. The van der Waals surface area contributed by atoms with E-state index in [1.807, 2.05) is 29.6 Å². The van der Waals surface area contributed by atoms with Crippen molar-refractivity contribution in [2.45, 2.75) is 19.4 Å². The Morgan fingerprint density at radius 3 is 1.85 bits per heavy atom. The number of terminal acetylenes is 2. The number of fused-ring (bicyclic) bond motifs is 1. The highest BCUT2D eigenvalue weighted by molar-refractivity contribution is 5.97. The number of carbonyl (C=O) groups excluding carboxylic acids is 1. The third-order valence-corrected chi connectivity index (χ3v) is 7.03. The molecule has 0 atom stereocenters. The number of pyridine rings is 1. The third kappa shape index (κ3) is 20.7. The number of nitrogens with zero attached hydrogens (tertiary/aromatic N) is 10. The van der Waals surface area contributed by atoms with Gasteiger partial charge in [0.2, 0.25) is 0 Å². The average Bonchev–Trinajstić information content (AvgIpc) is 3.27. The molecule has 0 bridgehead atoms. The molecule has 3 heterocycles. The second kappa shape index (κ2) is 30.6. The van der Waals surface area contributed by atoms with Gasteiger partial charge >= 0.3 is 0 Å². The molecule has 60 heavy (non-hydrogen) atoms. The lowest BCUT2D eigenvalue weighted by atomic mass is 9.97. The third-order valence-electron chi connectivity index (χ3n) is 7.03. The summed E-state index contributed by atoms with van der Waals surface area (Å²) < 4.78 is 0. The summed E-state index contributed by atoms with van der Waals surface area (Å²) >= 11 is 0. The van der Waals surface area contributed by atoms with Gasteiger partial charge in [0.25, 0.3) is 5.91 Å². The van der Waals surface area contributed by atoms with Crippen LogP contribution in [-0.4, -0.2) is 52.4 Å². The molecular formula is C44H54N14O2. The molecule has 0 spiro atoms. The summed E-state index contributed by atoms with van der Waals surface area (Å²) in [6, 6.07) is 7.81. The Morgan fingerprint density at radius 2 is 1.32 bits per heavy atom. The molecule has 3 aromatic rings. The van der Waals surface area contributed by atoms with Gasteiger partial charge < -0.3 is 21.3 Å². The molecule has 0 unspecified atom stereocenters. The number of carbonyl (C=O) groups is 1. The Balaban J connectivity index is -0.0000000891. The number of anilines is 2. The number of nitrogens with one attached hydrogen (secondary N) is 3. The zero-order valence-corrected chi connectivity index (χ0v) is 31.9. The van der Waals surface area contributed by atoms with E-state index in [0.717, 1.165) is 48.8 Å². The molecule has 1 fully saturated rings. The van der Waals surface area contributed by atoms with Crippen LogP contribution in [0.1, 0.15) is 46.0 Å². The Morgan fingerprint density at radius 1 is 0.783 bits per heavy atom. The number of nitrogen functional groups attached to an aromatic ring is 1. The molecule has 1 saturated heterocycles. The van der Waals surface area contributed by atoms with E-state index in [1.54, 1.807) is 12.4 Å². The summed E-state index contributed by atoms with van der Waals surface area (Å²) in [4.78, 5) is 36.9. The number of likely N-dealkylation sites (tertiary alicyclic amines) is 1. The van der Waals surface area contributed by atoms with Gasteiger partial charge in [0.15, 0.2) is 11.5 Å². The van der Waals surface area contributed by atoms with Gasteiger partial charge in [-0.15, -0.1) is 17.8 Å². The number of nitrogens with two attached hydrogens (primary N) is 1. The highest BCUT2D eigenvalue weighted by Gasteiger charge is 2.19. The predicted molar refractivity (Wildman–Crippen MR) is 252 cm³/mol. The largest absolute Gasteiger partial charge is 0.383 e. The summed E-state index contributed by atoms with van der Waals surface area (Å²) in [5, 5.41) is 23.1. The summed E-state index contributed by atoms with van der Waals surface area (Å²) in [7, 11) is 2.15. The normalized spacial score (nSPS) is 10.4. The highest BCUT2D eigenvalue weighted by atomic mass is 16.3. The van der Waals surface area contributed by atoms with Gasteiger partial charge in [0.05, 0.1) is 0 Å². The monoisotopic (exact) mass is 810 g/mol. The molecule has 1 amide bonds. The van der Waals surface area contributed by atoms with Crippen molar-refractivity contribution in [2.24, 2.45) is 37.3 Å². The molecule has 5 N–H and O–H groups in total. The molecule has 1 aliphatic heterocycles. The molecule has 4 rings (SSSR count). The van der Waals surface area contributed by atoms with Crippen LogP contribution in [0.2, 0.25) is 0 Å². The zero-order valence-electron chi connectivity index (χ0n) is 31.9. The van der Waals surface area contributed by atoms with Crippen molar-refractivity contribution < 1.29 is 21.9 Å². The van der Waals surface area contributed by atoms with Gasteiger partial charge in [-0.05, 0) is 172 Å². The fraction of sp³-hybridized carbons (Fsp3) is 0.182. The lowest BCUT2D eigenvalue weighted by Gasteiger charge is -2.29. The van der Waals surface area contributed by atoms with Crippen molar-refractivity contribution in [1.82, 2.24) is 25.2 Å². The number of rotatable bonds is 9. The molecule has 2 aromatic heterocycles. The Bertz CT molecular complexity index is 2700. The minimum Gasteiger partial charge on any atom is -0.383 e. The van der Waals surface area contributed by atoms with E-state index in [0.29, 0.717) is 29.8 Å². The molecule has 0 radical (unpaired) electrons. The van der Waals surface area contributed by atoms with E-state index in [4.69, 9.17) is 29.0 Å². The van der Waals surface area contributed by atoms with E-state index in [1.165, 1.54) is 6.20 Å².